The summed E-state index contributed by atoms with van der Waals surface area (Å²) >= 11 is 0. The van der Waals surface area contributed by atoms with Gasteiger partial charge in [0, 0.05) is 44.5 Å². The Kier molecular flexibility index (Phi) is 6.84. The van der Waals surface area contributed by atoms with Gasteiger partial charge in [-0.3, -0.25) is 9.69 Å². The monoisotopic (exact) mass is 385 g/mol. The number of Topliss-reactive ketones (excluding diaryl/α,β-unsaturated/α-hetero) is 1. The van der Waals surface area contributed by atoms with Gasteiger partial charge in [0.2, 0.25) is 0 Å². The van der Waals surface area contributed by atoms with Gasteiger partial charge in [0.25, 0.3) is 0 Å². The second kappa shape index (κ2) is 9.52. The summed E-state index contributed by atoms with van der Waals surface area (Å²) in [6, 6.07) is 11.0. The van der Waals surface area contributed by atoms with Crippen molar-refractivity contribution in [1.82, 2.24) is 9.88 Å². The maximum absolute atomic E-state index is 11.5. The molecule has 1 aromatic heterocycles. The molecular formula is C21H27N3O4. The highest BCUT2D eigenvalue weighted by Gasteiger charge is 2.20. The molecule has 1 aromatic carbocycles. The van der Waals surface area contributed by atoms with Crippen molar-refractivity contribution in [3.8, 4) is 11.5 Å². The molecule has 0 saturated carbocycles. The van der Waals surface area contributed by atoms with E-state index in [1.807, 2.05) is 18.2 Å². The molecule has 1 N–H and O–H groups in total. The molecule has 1 aliphatic heterocycles. The van der Waals surface area contributed by atoms with Crippen molar-refractivity contribution < 1.29 is 19.4 Å². The number of carbonyl (C=O) groups is 1. The summed E-state index contributed by atoms with van der Waals surface area (Å²) in [4.78, 5) is 20.3. The van der Waals surface area contributed by atoms with Gasteiger partial charge < -0.3 is 19.5 Å². The molecule has 2 heterocycles. The Bertz CT molecular complexity index is 776. The Balaban J connectivity index is 1.46. The third kappa shape index (κ3) is 5.21. The lowest BCUT2D eigenvalue weighted by Gasteiger charge is -2.36. The van der Waals surface area contributed by atoms with Crippen LogP contribution < -0.4 is 14.4 Å². The number of aliphatic hydroxyl groups is 1. The molecule has 3 rings (SSSR count). The standard InChI is InChI=1S/C21H27N3O4/c1-16(25)17-6-7-19(20(13-17)27-2)28-15-18(26)14-23-9-11-24(12-10-23)21-5-3-4-8-22-21/h3-8,13,18,26H,9-12,14-15H2,1-2H3/t18-/m0/s1. The van der Waals surface area contributed by atoms with E-state index in [-0.39, 0.29) is 12.4 Å². The molecule has 2 aromatic rings. The minimum atomic E-state index is -0.612. The summed E-state index contributed by atoms with van der Waals surface area (Å²) in [7, 11) is 1.53. The van der Waals surface area contributed by atoms with Gasteiger partial charge in [0.1, 0.15) is 18.5 Å². The van der Waals surface area contributed by atoms with E-state index in [2.05, 4.69) is 14.8 Å². The van der Waals surface area contributed by atoms with Gasteiger partial charge in [-0.05, 0) is 37.3 Å². The van der Waals surface area contributed by atoms with Crippen molar-refractivity contribution in [3.63, 3.8) is 0 Å². The molecular weight excluding hydrogens is 358 g/mol. The first kappa shape index (κ1) is 20.1. The highest BCUT2D eigenvalue weighted by atomic mass is 16.5. The lowest BCUT2D eigenvalue weighted by molar-refractivity contribution is 0.0652. The number of hydrogen-bond donors (Lipinski definition) is 1. The number of aliphatic hydroxyl groups excluding tert-OH is 1. The quantitative estimate of drug-likeness (QED) is 0.695. The number of methoxy groups -OCH3 is 1. The van der Waals surface area contributed by atoms with Crippen LogP contribution in [0.1, 0.15) is 17.3 Å². The van der Waals surface area contributed by atoms with Crippen molar-refractivity contribution in [2.45, 2.75) is 13.0 Å². The number of piperazine rings is 1. The van der Waals surface area contributed by atoms with Crippen molar-refractivity contribution in [2.24, 2.45) is 0 Å². The average molecular weight is 385 g/mol. The fraction of sp³-hybridized carbons (Fsp3) is 0.429. The minimum Gasteiger partial charge on any atom is -0.493 e. The van der Waals surface area contributed by atoms with Gasteiger partial charge in [-0.25, -0.2) is 4.98 Å². The predicted molar refractivity (Wildman–Crippen MR) is 107 cm³/mol. The Morgan fingerprint density at radius 3 is 2.61 bits per heavy atom. The molecule has 28 heavy (non-hydrogen) atoms. The van der Waals surface area contributed by atoms with E-state index in [1.54, 1.807) is 24.4 Å². The zero-order valence-electron chi connectivity index (χ0n) is 16.4. The van der Waals surface area contributed by atoms with Gasteiger partial charge in [-0.1, -0.05) is 6.07 Å². The number of anilines is 1. The summed E-state index contributed by atoms with van der Waals surface area (Å²) < 4.78 is 11.0. The van der Waals surface area contributed by atoms with Crippen LogP contribution in [0.2, 0.25) is 0 Å². The van der Waals surface area contributed by atoms with Crippen LogP contribution in [0, 0.1) is 0 Å². The third-order valence-corrected chi connectivity index (χ3v) is 4.82. The molecule has 7 heteroatoms. The Morgan fingerprint density at radius 1 is 1.18 bits per heavy atom. The number of rotatable bonds is 8. The van der Waals surface area contributed by atoms with Crippen LogP contribution >= 0.6 is 0 Å². The van der Waals surface area contributed by atoms with Crippen molar-refractivity contribution in [3.05, 3.63) is 48.2 Å². The van der Waals surface area contributed by atoms with Crippen molar-refractivity contribution in [2.75, 3.05) is 51.3 Å². The summed E-state index contributed by atoms with van der Waals surface area (Å²) in [5.41, 5.74) is 0.565. The normalized spacial score (nSPS) is 15.9. The molecule has 150 valence electrons. The van der Waals surface area contributed by atoms with Gasteiger partial charge in [0.15, 0.2) is 17.3 Å². The summed E-state index contributed by atoms with van der Waals surface area (Å²) in [6.45, 7) is 5.71. The highest BCUT2D eigenvalue weighted by molar-refractivity contribution is 5.94. The first-order valence-electron chi connectivity index (χ1n) is 9.45. The van der Waals surface area contributed by atoms with Crippen LogP contribution in [0.4, 0.5) is 5.82 Å². The average Bonchev–Trinajstić information content (AvgIpc) is 2.73. The van der Waals surface area contributed by atoms with E-state index in [1.165, 1.54) is 14.0 Å². The molecule has 0 aliphatic carbocycles. The second-order valence-corrected chi connectivity index (χ2v) is 6.86. The van der Waals surface area contributed by atoms with Crippen LogP contribution in [-0.4, -0.2) is 73.3 Å². The largest absolute Gasteiger partial charge is 0.493 e. The maximum Gasteiger partial charge on any atom is 0.161 e. The zero-order valence-corrected chi connectivity index (χ0v) is 16.4. The van der Waals surface area contributed by atoms with Crippen LogP contribution in [0.3, 0.4) is 0 Å². The van der Waals surface area contributed by atoms with E-state index in [0.29, 0.717) is 23.6 Å². The molecule has 0 radical (unpaired) electrons. The SMILES string of the molecule is COc1cc(C(C)=O)ccc1OC[C@@H](O)CN1CCN(c2ccccn2)CC1. The summed E-state index contributed by atoms with van der Waals surface area (Å²) in [6.07, 6.45) is 1.19. The molecule has 0 unspecified atom stereocenters. The molecule has 1 fully saturated rings. The number of hydrogen-bond acceptors (Lipinski definition) is 7. The number of nitrogens with zero attached hydrogens (tertiary/aromatic N) is 3. The van der Waals surface area contributed by atoms with Crippen molar-refractivity contribution in [1.29, 1.82) is 0 Å². The number of benzene rings is 1. The van der Waals surface area contributed by atoms with E-state index in [4.69, 9.17) is 9.47 Å². The number of carbonyl (C=O) groups excluding carboxylic acids is 1. The third-order valence-electron chi connectivity index (χ3n) is 4.82. The van der Waals surface area contributed by atoms with E-state index < -0.39 is 6.10 Å². The number of β-amino-alcohol motifs (C(OH)–C–C–N with tert-alkyl or cyclic N) is 1. The molecule has 1 saturated heterocycles. The number of ketones is 1. The van der Waals surface area contributed by atoms with Crippen LogP contribution in [0.25, 0.3) is 0 Å². The van der Waals surface area contributed by atoms with Gasteiger partial charge in [-0.15, -0.1) is 0 Å². The van der Waals surface area contributed by atoms with Gasteiger partial charge in [-0.2, -0.15) is 0 Å². The Morgan fingerprint density at radius 2 is 1.96 bits per heavy atom. The van der Waals surface area contributed by atoms with Crippen LogP contribution in [-0.2, 0) is 0 Å². The first-order valence-corrected chi connectivity index (χ1v) is 9.45. The van der Waals surface area contributed by atoms with Gasteiger partial charge >= 0.3 is 0 Å². The fourth-order valence-corrected chi connectivity index (χ4v) is 3.24. The summed E-state index contributed by atoms with van der Waals surface area (Å²) in [5, 5.41) is 10.4. The maximum atomic E-state index is 11.5. The number of ether oxygens (including phenoxy) is 2. The van der Waals surface area contributed by atoms with Crippen LogP contribution in [0.5, 0.6) is 11.5 Å². The zero-order chi connectivity index (χ0) is 19.9. The fourth-order valence-electron chi connectivity index (χ4n) is 3.24. The Labute approximate surface area is 165 Å². The lowest BCUT2D eigenvalue weighted by Crippen LogP contribution is -2.49. The molecule has 0 bridgehead atoms. The molecule has 0 spiro atoms. The predicted octanol–water partition coefficient (Wildman–Crippen LogP) is 1.85. The first-order chi connectivity index (χ1) is 13.6. The van der Waals surface area contributed by atoms with Crippen LogP contribution in [0.15, 0.2) is 42.6 Å². The number of aromatic nitrogens is 1. The smallest absolute Gasteiger partial charge is 0.161 e. The Hall–Kier alpha value is -2.64. The lowest BCUT2D eigenvalue weighted by atomic mass is 10.1. The molecule has 7 nitrogen and oxygen atoms in total. The van der Waals surface area contributed by atoms with Crippen molar-refractivity contribution >= 4 is 11.6 Å². The van der Waals surface area contributed by atoms with E-state index in [0.717, 1.165) is 32.0 Å². The molecule has 1 aliphatic rings. The molecule has 1 atom stereocenters. The van der Waals surface area contributed by atoms with Gasteiger partial charge in [0.05, 0.1) is 7.11 Å². The van der Waals surface area contributed by atoms with E-state index >= 15 is 0 Å². The molecule has 0 amide bonds. The summed E-state index contributed by atoms with van der Waals surface area (Å²) in [5.74, 6) is 1.97. The minimum absolute atomic E-state index is 0.0327. The van der Waals surface area contributed by atoms with E-state index in [9.17, 15) is 9.90 Å². The second-order valence-electron chi connectivity index (χ2n) is 6.86. The topological polar surface area (TPSA) is 75.1 Å². The number of pyridine rings is 1. The highest BCUT2D eigenvalue weighted by Crippen LogP contribution is 2.28.